The van der Waals surface area contributed by atoms with Crippen molar-refractivity contribution in [1.82, 2.24) is 9.62 Å². The minimum Gasteiger partial charge on any atom is -0.367 e. The van der Waals surface area contributed by atoms with Crippen LogP contribution in [-0.4, -0.2) is 57.0 Å². The van der Waals surface area contributed by atoms with E-state index < -0.39 is 22.0 Å². The van der Waals surface area contributed by atoms with Crippen molar-refractivity contribution >= 4 is 37.8 Å². The first-order valence-corrected chi connectivity index (χ1v) is 10.1. The number of benzene rings is 1. The Hall–Kier alpha value is -1.49. The number of hydrogen-bond acceptors (Lipinski definition) is 5. The molecule has 136 valence electrons. The highest BCUT2D eigenvalue weighted by atomic mass is 79.9. The zero-order chi connectivity index (χ0) is 18.2. The summed E-state index contributed by atoms with van der Waals surface area (Å²) in [5.41, 5.74) is 5.44. The van der Waals surface area contributed by atoms with Crippen LogP contribution in [0.2, 0.25) is 0 Å². The third kappa shape index (κ3) is 4.20. The lowest BCUT2D eigenvalue weighted by Crippen LogP contribution is -2.50. The fourth-order valence-electron chi connectivity index (χ4n) is 2.50. The van der Waals surface area contributed by atoms with Gasteiger partial charge in [-0.1, -0.05) is 0 Å². The Kier molecular flexibility index (Phi) is 5.14. The number of primary amides is 1. The monoisotopic (exact) mass is 431 g/mol. The molecule has 1 aromatic rings. The number of halogens is 1. The SMILES string of the molecule is NC(=O)C1CN(C(=O)c2cc(S(=O)(=O)NC3CC3)ccc2Br)CCO1. The van der Waals surface area contributed by atoms with E-state index in [4.69, 9.17) is 10.5 Å². The lowest BCUT2D eigenvalue weighted by Gasteiger charge is -2.31. The molecule has 2 amide bonds. The van der Waals surface area contributed by atoms with E-state index in [0.29, 0.717) is 11.0 Å². The van der Waals surface area contributed by atoms with Gasteiger partial charge in [0.2, 0.25) is 15.9 Å². The molecule has 1 aliphatic heterocycles. The second-order valence-electron chi connectivity index (χ2n) is 6.05. The van der Waals surface area contributed by atoms with Crippen LogP contribution >= 0.6 is 15.9 Å². The molecule has 2 aliphatic rings. The van der Waals surface area contributed by atoms with E-state index in [0.717, 1.165) is 12.8 Å². The molecule has 1 aromatic carbocycles. The third-order valence-electron chi connectivity index (χ3n) is 4.05. The molecular weight excluding hydrogens is 414 g/mol. The Bertz CT molecular complexity index is 809. The topological polar surface area (TPSA) is 119 Å². The molecule has 0 radical (unpaired) electrons. The van der Waals surface area contributed by atoms with Crippen LogP contribution in [0.5, 0.6) is 0 Å². The third-order valence-corrected chi connectivity index (χ3v) is 6.26. The number of sulfonamides is 1. The lowest BCUT2D eigenvalue weighted by molar-refractivity contribution is -0.133. The van der Waals surface area contributed by atoms with E-state index in [1.165, 1.54) is 23.1 Å². The van der Waals surface area contributed by atoms with Gasteiger partial charge in [-0.15, -0.1) is 0 Å². The van der Waals surface area contributed by atoms with Crippen molar-refractivity contribution in [2.24, 2.45) is 5.73 Å². The van der Waals surface area contributed by atoms with Crippen LogP contribution in [0.3, 0.4) is 0 Å². The van der Waals surface area contributed by atoms with Crippen molar-refractivity contribution in [1.29, 1.82) is 0 Å². The van der Waals surface area contributed by atoms with Gasteiger partial charge in [-0.05, 0) is 47.0 Å². The summed E-state index contributed by atoms with van der Waals surface area (Å²) >= 11 is 3.29. The van der Waals surface area contributed by atoms with E-state index in [9.17, 15) is 18.0 Å². The van der Waals surface area contributed by atoms with Crippen molar-refractivity contribution < 1.29 is 22.7 Å². The maximum Gasteiger partial charge on any atom is 0.255 e. The first-order chi connectivity index (χ1) is 11.8. The molecule has 10 heteroatoms. The van der Waals surface area contributed by atoms with Gasteiger partial charge in [0.15, 0.2) is 6.10 Å². The van der Waals surface area contributed by atoms with Crippen LogP contribution in [0.1, 0.15) is 23.2 Å². The highest BCUT2D eigenvalue weighted by molar-refractivity contribution is 9.10. The fourth-order valence-corrected chi connectivity index (χ4v) is 4.25. The summed E-state index contributed by atoms with van der Waals surface area (Å²) < 4.78 is 33.0. The predicted octanol–water partition coefficient (Wildman–Crippen LogP) is 0.216. The van der Waals surface area contributed by atoms with Crippen molar-refractivity contribution in [2.45, 2.75) is 29.9 Å². The van der Waals surface area contributed by atoms with Crippen LogP contribution < -0.4 is 10.5 Å². The van der Waals surface area contributed by atoms with Gasteiger partial charge in [0.1, 0.15) is 0 Å². The summed E-state index contributed by atoms with van der Waals surface area (Å²) in [6.45, 7) is 0.530. The number of nitrogens with two attached hydrogens (primary N) is 1. The van der Waals surface area contributed by atoms with Crippen LogP contribution in [-0.2, 0) is 19.6 Å². The van der Waals surface area contributed by atoms with Gasteiger partial charge in [-0.25, -0.2) is 13.1 Å². The molecule has 0 bridgehead atoms. The molecule has 2 fully saturated rings. The Balaban J connectivity index is 1.84. The number of amides is 2. The summed E-state index contributed by atoms with van der Waals surface area (Å²) in [4.78, 5) is 25.5. The number of nitrogens with zero attached hydrogens (tertiary/aromatic N) is 1. The fraction of sp³-hybridized carbons (Fsp3) is 0.467. The van der Waals surface area contributed by atoms with Crippen molar-refractivity contribution in [3.63, 3.8) is 0 Å². The van der Waals surface area contributed by atoms with Gasteiger partial charge in [0, 0.05) is 17.1 Å². The Morgan fingerprint density at radius 3 is 2.68 bits per heavy atom. The highest BCUT2D eigenvalue weighted by Gasteiger charge is 2.31. The van der Waals surface area contributed by atoms with Gasteiger partial charge >= 0.3 is 0 Å². The maximum atomic E-state index is 12.8. The van der Waals surface area contributed by atoms with E-state index in [1.807, 2.05) is 0 Å². The smallest absolute Gasteiger partial charge is 0.255 e. The van der Waals surface area contributed by atoms with E-state index >= 15 is 0 Å². The molecule has 25 heavy (non-hydrogen) atoms. The van der Waals surface area contributed by atoms with Crippen LogP contribution in [0, 0.1) is 0 Å². The van der Waals surface area contributed by atoms with Crippen LogP contribution in [0.4, 0.5) is 0 Å². The molecule has 1 saturated heterocycles. The number of carbonyl (C=O) groups is 2. The first kappa shape index (κ1) is 18.3. The quantitative estimate of drug-likeness (QED) is 0.690. The van der Waals surface area contributed by atoms with Crippen LogP contribution in [0.25, 0.3) is 0 Å². The number of ether oxygens (including phenoxy) is 1. The van der Waals surface area contributed by atoms with E-state index in [2.05, 4.69) is 20.7 Å². The molecular formula is C15H18BrN3O5S. The minimum atomic E-state index is -3.67. The normalized spacial score (nSPS) is 21.2. The molecule has 1 heterocycles. The Morgan fingerprint density at radius 2 is 2.04 bits per heavy atom. The van der Waals surface area contributed by atoms with Crippen molar-refractivity contribution in [3.05, 3.63) is 28.2 Å². The molecule has 1 unspecified atom stereocenters. The van der Waals surface area contributed by atoms with Crippen molar-refractivity contribution in [2.75, 3.05) is 19.7 Å². The number of rotatable bonds is 5. The standard InChI is InChI=1S/C15H18BrN3O5S/c16-12-4-3-10(25(22,23)18-9-1-2-9)7-11(12)15(21)19-5-6-24-13(8-19)14(17)20/h3-4,7,9,13,18H,1-2,5-6,8H2,(H2,17,20). The van der Waals surface area contributed by atoms with Crippen molar-refractivity contribution in [3.8, 4) is 0 Å². The highest BCUT2D eigenvalue weighted by Crippen LogP contribution is 2.26. The van der Waals surface area contributed by atoms with Crippen LogP contribution in [0.15, 0.2) is 27.6 Å². The summed E-state index contributed by atoms with van der Waals surface area (Å²) in [7, 11) is -3.67. The zero-order valence-electron chi connectivity index (χ0n) is 13.3. The Morgan fingerprint density at radius 1 is 1.32 bits per heavy atom. The minimum absolute atomic E-state index is 0.0247. The molecule has 3 N–H and O–H groups in total. The molecule has 0 aromatic heterocycles. The molecule has 8 nitrogen and oxygen atoms in total. The number of carbonyl (C=O) groups excluding carboxylic acids is 2. The summed E-state index contributed by atoms with van der Waals surface area (Å²) in [5.74, 6) is -1.02. The number of nitrogens with one attached hydrogen (secondary N) is 1. The predicted molar refractivity (Wildman–Crippen MR) is 92.3 cm³/mol. The van der Waals surface area contributed by atoms with E-state index in [-0.39, 0.29) is 35.6 Å². The molecule has 1 aliphatic carbocycles. The van der Waals surface area contributed by atoms with E-state index in [1.54, 1.807) is 0 Å². The zero-order valence-corrected chi connectivity index (χ0v) is 15.7. The molecule has 3 rings (SSSR count). The number of morpholine rings is 1. The average molecular weight is 432 g/mol. The molecule has 1 saturated carbocycles. The van der Waals surface area contributed by atoms with Gasteiger partial charge < -0.3 is 15.4 Å². The molecule has 1 atom stereocenters. The summed E-state index contributed by atoms with van der Waals surface area (Å²) in [6, 6.07) is 4.28. The largest absolute Gasteiger partial charge is 0.367 e. The Labute approximate surface area is 153 Å². The van der Waals surface area contributed by atoms with Gasteiger partial charge in [0.25, 0.3) is 5.91 Å². The van der Waals surface area contributed by atoms with Gasteiger partial charge in [-0.2, -0.15) is 0 Å². The first-order valence-electron chi connectivity index (χ1n) is 7.80. The maximum absolute atomic E-state index is 12.8. The summed E-state index contributed by atoms with van der Waals surface area (Å²) in [5, 5.41) is 0. The number of hydrogen-bond donors (Lipinski definition) is 2. The lowest BCUT2D eigenvalue weighted by atomic mass is 10.1. The van der Waals surface area contributed by atoms with Gasteiger partial charge in [-0.3, -0.25) is 9.59 Å². The average Bonchev–Trinajstić information content (AvgIpc) is 3.37. The summed E-state index contributed by atoms with van der Waals surface area (Å²) in [6.07, 6.45) is 0.785. The second kappa shape index (κ2) is 7.02. The van der Waals surface area contributed by atoms with Gasteiger partial charge in [0.05, 0.1) is 23.6 Å². The molecule has 0 spiro atoms. The second-order valence-corrected chi connectivity index (χ2v) is 8.62.